The highest BCUT2D eigenvalue weighted by Gasteiger charge is 2.59. The number of allylic oxidation sites excluding steroid dienone is 2. The number of nitrogens with zero attached hydrogens (tertiary/aromatic N) is 2. The second kappa shape index (κ2) is 6.55. The minimum Gasteiger partial charge on any atom is -0.483 e. The summed E-state index contributed by atoms with van der Waals surface area (Å²) in [6.45, 7) is -0.278. The van der Waals surface area contributed by atoms with E-state index in [0.29, 0.717) is 11.3 Å². The Balaban J connectivity index is 1.50. The monoisotopic (exact) mass is 389 g/mol. The molecule has 1 saturated carbocycles. The third kappa shape index (κ3) is 2.73. The number of rotatable bonds is 5. The van der Waals surface area contributed by atoms with Crippen LogP contribution in [-0.4, -0.2) is 35.6 Å². The van der Waals surface area contributed by atoms with E-state index < -0.39 is 5.91 Å². The summed E-state index contributed by atoms with van der Waals surface area (Å²) in [5.74, 6) is -1.00. The van der Waals surface area contributed by atoms with Gasteiger partial charge in [-0.3, -0.25) is 14.4 Å². The zero-order valence-corrected chi connectivity index (χ0v) is 15.5. The molecule has 1 saturated heterocycles. The van der Waals surface area contributed by atoms with Gasteiger partial charge < -0.3 is 10.5 Å². The van der Waals surface area contributed by atoms with Gasteiger partial charge in [-0.25, -0.2) is 0 Å². The molecule has 2 fully saturated rings. The fourth-order valence-electron chi connectivity index (χ4n) is 4.80. The first-order valence-electron chi connectivity index (χ1n) is 9.57. The highest BCUT2D eigenvalue weighted by molar-refractivity contribution is 6.08. The summed E-state index contributed by atoms with van der Waals surface area (Å²) in [4.78, 5) is 36.8. The Hall–Kier alpha value is -3.48. The van der Waals surface area contributed by atoms with Gasteiger partial charge in [0.2, 0.25) is 0 Å². The first-order valence-corrected chi connectivity index (χ1v) is 9.57. The van der Waals surface area contributed by atoms with E-state index in [0.717, 1.165) is 22.2 Å². The number of hydrazone groups is 1. The van der Waals surface area contributed by atoms with E-state index in [2.05, 4.69) is 5.10 Å². The average Bonchev–Trinajstić information content (AvgIpc) is 3.39. The maximum atomic E-state index is 12.8. The van der Waals surface area contributed by atoms with Crippen molar-refractivity contribution in [3.8, 4) is 5.75 Å². The number of primary amides is 1. The SMILES string of the molecule is NC(=O)COc1ccc2ccccc2c1C=NN1C(=O)C2C3C=CC(C3)C2C1=O. The van der Waals surface area contributed by atoms with E-state index in [1.165, 1.54) is 6.21 Å². The first kappa shape index (κ1) is 17.6. The van der Waals surface area contributed by atoms with E-state index in [9.17, 15) is 14.4 Å². The van der Waals surface area contributed by atoms with Crippen molar-refractivity contribution in [2.24, 2.45) is 34.5 Å². The van der Waals surface area contributed by atoms with Crippen molar-refractivity contribution in [3.05, 3.63) is 54.1 Å². The predicted molar refractivity (Wildman–Crippen MR) is 106 cm³/mol. The first-order chi connectivity index (χ1) is 14.0. The molecule has 146 valence electrons. The van der Waals surface area contributed by atoms with Crippen molar-refractivity contribution >= 4 is 34.7 Å². The van der Waals surface area contributed by atoms with Crippen LogP contribution in [0, 0.1) is 23.7 Å². The fraction of sp³-hybridized carbons (Fsp3) is 0.273. The number of amides is 3. The van der Waals surface area contributed by atoms with E-state index in [1.807, 2.05) is 42.5 Å². The number of carbonyl (C=O) groups excluding carboxylic acids is 3. The van der Waals surface area contributed by atoms with Gasteiger partial charge in [-0.2, -0.15) is 10.1 Å². The average molecular weight is 389 g/mol. The molecule has 29 heavy (non-hydrogen) atoms. The third-order valence-corrected chi connectivity index (χ3v) is 6.05. The molecule has 7 nitrogen and oxygen atoms in total. The summed E-state index contributed by atoms with van der Waals surface area (Å²) in [5, 5.41) is 7.03. The molecule has 1 aliphatic heterocycles. The molecule has 7 heteroatoms. The predicted octanol–water partition coefficient (Wildman–Crippen LogP) is 1.84. The molecule has 5 rings (SSSR count). The quantitative estimate of drug-likeness (QED) is 0.479. The van der Waals surface area contributed by atoms with Crippen molar-refractivity contribution in [1.82, 2.24) is 5.01 Å². The van der Waals surface area contributed by atoms with Gasteiger partial charge in [0.05, 0.1) is 18.1 Å². The maximum absolute atomic E-state index is 12.8. The molecule has 1 heterocycles. The van der Waals surface area contributed by atoms with Gasteiger partial charge in [0.15, 0.2) is 6.61 Å². The van der Waals surface area contributed by atoms with Crippen LogP contribution in [0.1, 0.15) is 12.0 Å². The molecule has 2 bridgehead atoms. The molecule has 2 N–H and O–H groups in total. The Morgan fingerprint density at radius 1 is 1.10 bits per heavy atom. The number of imide groups is 1. The molecule has 2 aromatic carbocycles. The number of ether oxygens (including phenoxy) is 1. The molecule has 2 aromatic rings. The van der Waals surface area contributed by atoms with Crippen LogP contribution in [0.3, 0.4) is 0 Å². The van der Waals surface area contributed by atoms with Gasteiger partial charge >= 0.3 is 0 Å². The minimum absolute atomic E-state index is 0.133. The lowest BCUT2D eigenvalue weighted by molar-refractivity contribution is -0.140. The number of fused-ring (bicyclic) bond motifs is 6. The van der Waals surface area contributed by atoms with E-state index >= 15 is 0 Å². The Bertz CT molecular complexity index is 1080. The Morgan fingerprint density at radius 3 is 2.48 bits per heavy atom. The summed E-state index contributed by atoms with van der Waals surface area (Å²) in [6, 6.07) is 11.2. The standard InChI is InChI=1S/C22H19N3O4/c23-18(26)11-29-17-8-7-12-3-1-2-4-15(12)16(17)10-24-25-21(27)19-13-5-6-14(9-13)20(19)22(25)28/h1-8,10,13-14,19-20H,9,11H2,(H2,23,26). The maximum Gasteiger partial charge on any atom is 0.255 e. The lowest BCUT2D eigenvalue weighted by Gasteiger charge is -2.13. The van der Waals surface area contributed by atoms with Crippen LogP contribution >= 0.6 is 0 Å². The Morgan fingerprint density at radius 2 is 1.79 bits per heavy atom. The summed E-state index contributed by atoms with van der Waals surface area (Å²) >= 11 is 0. The molecule has 3 amide bonds. The highest BCUT2D eigenvalue weighted by Crippen LogP contribution is 2.52. The molecule has 0 radical (unpaired) electrons. The van der Waals surface area contributed by atoms with Gasteiger partial charge in [0.25, 0.3) is 17.7 Å². The van der Waals surface area contributed by atoms with Crippen LogP contribution in [0.4, 0.5) is 0 Å². The molecule has 0 spiro atoms. The number of nitrogens with two attached hydrogens (primary N) is 1. The number of carbonyl (C=O) groups is 3. The lowest BCUT2D eigenvalue weighted by Crippen LogP contribution is -2.28. The molecule has 0 aromatic heterocycles. The van der Waals surface area contributed by atoms with Crippen LogP contribution in [-0.2, 0) is 14.4 Å². The molecule has 3 aliphatic rings. The molecule has 2 aliphatic carbocycles. The second-order valence-electron chi connectivity index (χ2n) is 7.69. The van der Waals surface area contributed by atoms with Crippen molar-refractivity contribution in [1.29, 1.82) is 0 Å². The van der Waals surface area contributed by atoms with E-state index in [1.54, 1.807) is 6.07 Å². The fourth-order valence-corrected chi connectivity index (χ4v) is 4.80. The molecule has 4 unspecified atom stereocenters. The van der Waals surface area contributed by atoms with E-state index in [4.69, 9.17) is 10.5 Å². The van der Waals surface area contributed by atoms with Crippen molar-refractivity contribution in [2.75, 3.05) is 6.61 Å². The normalized spacial score (nSPS) is 27.4. The third-order valence-electron chi connectivity index (χ3n) is 6.05. The highest BCUT2D eigenvalue weighted by atomic mass is 16.5. The van der Waals surface area contributed by atoms with Crippen molar-refractivity contribution in [3.63, 3.8) is 0 Å². The summed E-state index contributed by atoms with van der Waals surface area (Å²) < 4.78 is 5.53. The summed E-state index contributed by atoms with van der Waals surface area (Å²) in [5.41, 5.74) is 5.78. The van der Waals surface area contributed by atoms with Gasteiger partial charge in [-0.1, -0.05) is 42.5 Å². The van der Waals surface area contributed by atoms with Gasteiger partial charge in [-0.15, -0.1) is 0 Å². The minimum atomic E-state index is -0.596. The number of hydrogen-bond donors (Lipinski definition) is 1. The zero-order chi connectivity index (χ0) is 20.1. The van der Waals surface area contributed by atoms with Crippen LogP contribution in [0.25, 0.3) is 10.8 Å². The molecular formula is C22H19N3O4. The van der Waals surface area contributed by atoms with Crippen molar-refractivity contribution < 1.29 is 19.1 Å². The van der Waals surface area contributed by atoms with Crippen LogP contribution in [0.15, 0.2) is 53.7 Å². The zero-order valence-electron chi connectivity index (χ0n) is 15.5. The topological polar surface area (TPSA) is 102 Å². The Labute approximate surface area is 166 Å². The van der Waals surface area contributed by atoms with Crippen LogP contribution < -0.4 is 10.5 Å². The number of benzene rings is 2. The Kier molecular flexibility index (Phi) is 3.97. The van der Waals surface area contributed by atoms with Crippen LogP contribution in [0.5, 0.6) is 5.75 Å². The van der Waals surface area contributed by atoms with E-state index in [-0.39, 0.29) is 42.1 Å². The smallest absolute Gasteiger partial charge is 0.255 e. The van der Waals surface area contributed by atoms with Crippen LogP contribution in [0.2, 0.25) is 0 Å². The summed E-state index contributed by atoms with van der Waals surface area (Å²) in [6.07, 6.45) is 6.43. The number of hydrogen-bond acceptors (Lipinski definition) is 5. The van der Waals surface area contributed by atoms with Crippen molar-refractivity contribution in [2.45, 2.75) is 6.42 Å². The van der Waals surface area contributed by atoms with Gasteiger partial charge in [0.1, 0.15) is 5.75 Å². The summed E-state index contributed by atoms with van der Waals surface area (Å²) in [7, 11) is 0. The second-order valence-corrected chi connectivity index (χ2v) is 7.69. The molecular weight excluding hydrogens is 370 g/mol. The van der Waals surface area contributed by atoms with Gasteiger partial charge in [0, 0.05) is 5.56 Å². The molecule has 4 atom stereocenters. The van der Waals surface area contributed by atoms with Gasteiger partial charge in [-0.05, 0) is 35.1 Å². The largest absolute Gasteiger partial charge is 0.483 e. The lowest BCUT2D eigenvalue weighted by atomic mass is 9.85.